The average Bonchev–Trinajstić information content (AvgIpc) is 2.65. The van der Waals surface area contributed by atoms with E-state index < -0.39 is 24.3 Å². The lowest BCUT2D eigenvalue weighted by Gasteiger charge is -2.09. The first-order valence-electron chi connectivity index (χ1n) is 7.64. The fourth-order valence-electron chi connectivity index (χ4n) is 2.03. The van der Waals surface area contributed by atoms with Crippen LogP contribution in [-0.4, -0.2) is 32.7 Å². The van der Waals surface area contributed by atoms with Crippen molar-refractivity contribution >= 4 is 23.6 Å². The highest BCUT2D eigenvalue weighted by molar-refractivity contribution is 5.95. The highest BCUT2D eigenvalue weighted by Crippen LogP contribution is 2.25. The predicted molar refractivity (Wildman–Crippen MR) is 94.6 cm³/mol. The minimum atomic E-state index is -0.758. The number of ether oxygens (including phenoxy) is 3. The summed E-state index contributed by atoms with van der Waals surface area (Å²) in [5.74, 6) is -0.741. The molecule has 0 unspecified atom stereocenters. The fraction of sp³-hybridized carbons (Fsp3) is 0.158. The molecule has 0 radical (unpaired) electrons. The molecular weight excluding hydrogens is 341 g/mol. The number of benzene rings is 2. The van der Waals surface area contributed by atoms with Gasteiger partial charge in [-0.1, -0.05) is 18.2 Å². The first-order chi connectivity index (χ1) is 12.5. The van der Waals surface area contributed by atoms with E-state index in [1.54, 1.807) is 30.3 Å². The van der Waals surface area contributed by atoms with Gasteiger partial charge in [0.05, 0.1) is 14.2 Å². The molecule has 0 aliphatic rings. The smallest absolute Gasteiger partial charge is 0.331 e. The number of hydrogen-bond acceptors (Lipinski definition) is 5. The first-order valence-corrected chi connectivity index (χ1v) is 7.64. The van der Waals surface area contributed by atoms with Crippen LogP contribution >= 0.6 is 0 Å². The van der Waals surface area contributed by atoms with Gasteiger partial charge in [0.1, 0.15) is 17.3 Å². The number of carbonyl (C=O) groups excluding carboxylic acids is 2. The van der Waals surface area contributed by atoms with Gasteiger partial charge in [-0.2, -0.15) is 0 Å². The third-order valence-corrected chi connectivity index (χ3v) is 3.28. The molecule has 1 N–H and O–H groups in total. The normalized spacial score (nSPS) is 10.4. The number of carbonyl (C=O) groups is 2. The highest BCUT2D eigenvalue weighted by Gasteiger charge is 2.08. The van der Waals surface area contributed by atoms with Crippen LogP contribution in [0, 0.1) is 5.82 Å². The minimum Gasteiger partial charge on any atom is -0.497 e. The monoisotopic (exact) mass is 359 g/mol. The molecule has 2 aromatic rings. The van der Waals surface area contributed by atoms with Gasteiger partial charge in [-0.05, 0) is 12.1 Å². The number of esters is 1. The van der Waals surface area contributed by atoms with Gasteiger partial charge in [-0.25, -0.2) is 9.18 Å². The Hall–Kier alpha value is -3.35. The molecule has 6 nitrogen and oxygen atoms in total. The van der Waals surface area contributed by atoms with E-state index in [9.17, 15) is 14.0 Å². The molecule has 0 heterocycles. The Morgan fingerprint density at radius 3 is 2.35 bits per heavy atom. The molecule has 2 rings (SSSR count). The molecule has 1 amide bonds. The third kappa shape index (κ3) is 5.62. The molecule has 0 aromatic heterocycles. The van der Waals surface area contributed by atoms with Crippen molar-refractivity contribution in [2.75, 3.05) is 26.1 Å². The van der Waals surface area contributed by atoms with Crippen LogP contribution in [0.25, 0.3) is 6.08 Å². The van der Waals surface area contributed by atoms with Crippen molar-refractivity contribution in [2.45, 2.75) is 0 Å². The quantitative estimate of drug-likeness (QED) is 0.608. The SMILES string of the molecule is COc1cc(NC(=O)COC(=O)/C=C/c2ccccc2F)cc(OC)c1. The van der Waals surface area contributed by atoms with Crippen LogP contribution in [0.15, 0.2) is 48.5 Å². The maximum absolute atomic E-state index is 13.4. The van der Waals surface area contributed by atoms with Crippen LogP contribution in [0.1, 0.15) is 5.56 Å². The molecule has 0 saturated heterocycles. The predicted octanol–water partition coefficient (Wildman–Crippen LogP) is 3.04. The molecule has 2 aromatic carbocycles. The molecular formula is C19H18FNO5. The number of nitrogens with one attached hydrogen (secondary N) is 1. The van der Waals surface area contributed by atoms with Crippen molar-refractivity contribution in [2.24, 2.45) is 0 Å². The summed E-state index contributed by atoms with van der Waals surface area (Å²) in [6.07, 6.45) is 2.34. The van der Waals surface area contributed by atoms with E-state index in [2.05, 4.69) is 5.32 Å². The zero-order chi connectivity index (χ0) is 18.9. The molecule has 0 aliphatic heterocycles. The van der Waals surface area contributed by atoms with Gasteiger partial charge in [-0.3, -0.25) is 4.79 Å². The number of methoxy groups -OCH3 is 2. The minimum absolute atomic E-state index is 0.248. The molecule has 0 bridgehead atoms. The van der Waals surface area contributed by atoms with Gasteiger partial charge in [0.25, 0.3) is 5.91 Å². The number of anilines is 1. The Morgan fingerprint density at radius 2 is 1.73 bits per heavy atom. The maximum Gasteiger partial charge on any atom is 0.331 e. The van der Waals surface area contributed by atoms with Crippen LogP contribution in [0.2, 0.25) is 0 Å². The number of halogens is 1. The van der Waals surface area contributed by atoms with Gasteiger partial charge in [0.15, 0.2) is 6.61 Å². The zero-order valence-electron chi connectivity index (χ0n) is 14.3. The lowest BCUT2D eigenvalue weighted by Crippen LogP contribution is -2.20. The van der Waals surface area contributed by atoms with Gasteiger partial charge >= 0.3 is 5.97 Å². The molecule has 0 saturated carbocycles. The van der Waals surface area contributed by atoms with E-state index in [4.69, 9.17) is 14.2 Å². The van der Waals surface area contributed by atoms with Crippen molar-refractivity contribution in [3.8, 4) is 11.5 Å². The number of amides is 1. The molecule has 7 heteroatoms. The fourth-order valence-corrected chi connectivity index (χ4v) is 2.03. The highest BCUT2D eigenvalue weighted by atomic mass is 19.1. The summed E-state index contributed by atoms with van der Waals surface area (Å²) in [6.45, 7) is -0.486. The summed E-state index contributed by atoms with van der Waals surface area (Å²) in [6, 6.07) is 10.8. The Bertz CT molecular complexity index is 797. The van der Waals surface area contributed by atoms with E-state index in [0.717, 1.165) is 6.08 Å². The summed E-state index contributed by atoms with van der Waals surface area (Å²) in [5.41, 5.74) is 0.682. The summed E-state index contributed by atoms with van der Waals surface area (Å²) in [4.78, 5) is 23.5. The number of rotatable bonds is 7. The molecule has 0 fully saturated rings. The average molecular weight is 359 g/mol. The standard InChI is InChI=1S/C19H18FNO5/c1-24-15-9-14(10-16(11-15)25-2)21-18(22)12-26-19(23)8-7-13-5-3-4-6-17(13)20/h3-11H,12H2,1-2H3,(H,21,22)/b8-7+. The second kappa shape index (κ2) is 9.22. The summed E-state index contributed by atoms with van der Waals surface area (Å²) in [5, 5.41) is 2.57. The Labute approximate surface area is 150 Å². The summed E-state index contributed by atoms with van der Waals surface area (Å²) in [7, 11) is 2.98. The lowest BCUT2D eigenvalue weighted by atomic mass is 10.2. The maximum atomic E-state index is 13.4. The van der Waals surface area contributed by atoms with Gasteiger partial charge in [-0.15, -0.1) is 0 Å². The second-order valence-corrected chi connectivity index (χ2v) is 5.11. The molecule has 0 aliphatic carbocycles. The van der Waals surface area contributed by atoms with Crippen LogP contribution in [0.5, 0.6) is 11.5 Å². The van der Waals surface area contributed by atoms with Crippen LogP contribution in [-0.2, 0) is 14.3 Å². The van der Waals surface area contributed by atoms with Crippen molar-refractivity contribution in [1.82, 2.24) is 0 Å². The van der Waals surface area contributed by atoms with Gasteiger partial charge in [0, 0.05) is 35.5 Å². The van der Waals surface area contributed by atoms with Crippen molar-refractivity contribution in [3.05, 3.63) is 59.9 Å². The Kier molecular flexibility index (Phi) is 6.73. The van der Waals surface area contributed by atoms with Crippen LogP contribution < -0.4 is 14.8 Å². The van der Waals surface area contributed by atoms with E-state index in [-0.39, 0.29) is 5.56 Å². The second-order valence-electron chi connectivity index (χ2n) is 5.11. The summed E-state index contributed by atoms with van der Waals surface area (Å²) < 4.78 is 28.5. The zero-order valence-corrected chi connectivity index (χ0v) is 14.3. The van der Waals surface area contributed by atoms with Crippen LogP contribution in [0.3, 0.4) is 0 Å². The van der Waals surface area contributed by atoms with Crippen molar-refractivity contribution in [3.63, 3.8) is 0 Å². The van der Waals surface area contributed by atoms with E-state index in [1.165, 1.54) is 32.4 Å². The summed E-state index contributed by atoms with van der Waals surface area (Å²) >= 11 is 0. The van der Waals surface area contributed by atoms with E-state index in [0.29, 0.717) is 17.2 Å². The Morgan fingerprint density at radius 1 is 1.08 bits per heavy atom. The lowest BCUT2D eigenvalue weighted by molar-refractivity contribution is -0.142. The molecule has 0 atom stereocenters. The molecule has 136 valence electrons. The van der Waals surface area contributed by atoms with Gasteiger partial charge < -0.3 is 19.5 Å². The van der Waals surface area contributed by atoms with Crippen LogP contribution in [0.4, 0.5) is 10.1 Å². The topological polar surface area (TPSA) is 73.9 Å². The van der Waals surface area contributed by atoms with Gasteiger partial charge in [0.2, 0.25) is 0 Å². The largest absolute Gasteiger partial charge is 0.497 e. The Balaban J connectivity index is 1.88. The first kappa shape index (κ1) is 19.0. The van der Waals surface area contributed by atoms with Crippen molar-refractivity contribution < 1.29 is 28.2 Å². The van der Waals surface area contributed by atoms with Crippen molar-refractivity contribution in [1.29, 1.82) is 0 Å². The molecule has 26 heavy (non-hydrogen) atoms. The third-order valence-electron chi connectivity index (χ3n) is 3.28. The van der Waals surface area contributed by atoms with E-state index >= 15 is 0 Å². The number of hydrogen-bond donors (Lipinski definition) is 1. The van der Waals surface area contributed by atoms with E-state index in [1.807, 2.05) is 0 Å². The molecule has 0 spiro atoms.